The first-order valence-electron chi connectivity index (χ1n) is 10.6. The van der Waals surface area contributed by atoms with E-state index < -0.39 is 10.0 Å². The number of aromatic hydroxyl groups is 1. The van der Waals surface area contributed by atoms with Crippen molar-refractivity contribution in [2.24, 2.45) is 10.2 Å². The lowest BCUT2D eigenvalue weighted by Crippen LogP contribution is -2.12. The Morgan fingerprint density at radius 2 is 1.72 bits per heavy atom. The number of halogens is 1. The number of nitrogens with one attached hydrogen (secondary N) is 1. The van der Waals surface area contributed by atoms with E-state index in [1.807, 2.05) is 22.9 Å². The SMILES string of the molecule is NS(=O)(=O)c1ccc(-n2cc(-c3ccc(Cl)cc3)c3c(N/N=C/c4ccccc4O)ncnc32)cc1. The van der Waals surface area contributed by atoms with Crippen molar-refractivity contribution in [1.82, 2.24) is 14.5 Å². The molecule has 0 spiro atoms. The molecular weight excluding hydrogens is 500 g/mol. The molecule has 36 heavy (non-hydrogen) atoms. The second kappa shape index (κ2) is 9.42. The standard InChI is InChI=1S/C25H19ClN6O3S/c26-18-7-5-16(6-8-18)21-14-32(19-9-11-20(12-10-19)36(27,34)35)25-23(21)24(28-15-29-25)31-30-13-17-3-1-2-4-22(17)33/h1-15,33H,(H2,27,34,35)(H,28,29,31)/b30-13+. The number of hydrazone groups is 1. The highest BCUT2D eigenvalue weighted by Gasteiger charge is 2.18. The molecule has 5 aromatic rings. The van der Waals surface area contributed by atoms with Gasteiger partial charge in [-0.1, -0.05) is 35.9 Å². The topological polar surface area (TPSA) is 135 Å². The van der Waals surface area contributed by atoms with E-state index in [0.29, 0.717) is 33.1 Å². The number of primary sulfonamides is 1. The molecule has 3 aromatic carbocycles. The molecule has 0 saturated heterocycles. The monoisotopic (exact) mass is 518 g/mol. The molecule has 11 heteroatoms. The van der Waals surface area contributed by atoms with Crippen LogP contribution in [0.3, 0.4) is 0 Å². The number of aromatic nitrogens is 3. The van der Waals surface area contributed by atoms with E-state index >= 15 is 0 Å². The van der Waals surface area contributed by atoms with Gasteiger partial charge in [0.2, 0.25) is 10.0 Å². The summed E-state index contributed by atoms with van der Waals surface area (Å²) in [6, 6.07) is 20.3. The van der Waals surface area contributed by atoms with Crippen LogP contribution < -0.4 is 10.6 Å². The number of hydrogen-bond acceptors (Lipinski definition) is 7. The van der Waals surface area contributed by atoms with Gasteiger partial charge in [0.1, 0.15) is 12.1 Å². The van der Waals surface area contributed by atoms with E-state index in [-0.39, 0.29) is 10.6 Å². The molecule has 5 rings (SSSR count). The zero-order valence-electron chi connectivity index (χ0n) is 18.6. The average molecular weight is 519 g/mol. The predicted molar refractivity (Wildman–Crippen MR) is 140 cm³/mol. The molecule has 0 amide bonds. The zero-order valence-corrected chi connectivity index (χ0v) is 20.1. The molecular formula is C25H19ClN6O3S. The van der Waals surface area contributed by atoms with Crippen LogP contribution in [0.2, 0.25) is 5.02 Å². The third kappa shape index (κ3) is 4.65. The number of sulfonamides is 1. The molecule has 0 atom stereocenters. The number of nitrogens with zero attached hydrogens (tertiary/aromatic N) is 4. The average Bonchev–Trinajstić information content (AvgIpc) is 3.26. The van der Waals surface area contributed by atoms with Gasteiger partial charge >= 0.3 is 0 Å². The van der Waals surface area contributed by atoms with E-state index in [1.165, 1.54) is 24.7 Å². The minimum Gasteiger partial charge on any atom is -0.507 e. The lowest BCUT2D eigenvalue weighted by Gasteiger charge is -2.07. The van der Waals surface area contributed by atoms with Crippen LogP contribution in [-0.4, -0.2) is 34.3 Å². The van der Waals surface area contributed by atoms with E-state index in [1.54, 1.807) is 48.5 Å². The van der Waals surface area contributed by atoms with Gasteiger partial charge in [-0.25, -0.2) is 23.5 Å². The lowest BCUT2D eigenvalue weighted by atomic mass is 10.1. The van der Waals surface area contributed by atoms with E-state index in [9.17, 15) is 13.5 Å². The van der Waals surface area contributed by atoms with Crippen molar-refractivity contribution in [1.29, 1.82) is 0 Å². The summed E-state index contributed by atoms with van der Waals surface area (Å²) in [7, 11) is -3.82. The number of phenolic OH excluding ortho intramolecular Hbond substituents is 1. The minimum absolute atomic E-state index is 0.0103. The van der Waals surface area contributed by atoms with Crippen molar-refractivity contribution in [2.45, 2.75) is 4.90 Å². The van der Waals surface area contributed by atoms with Gasteiger partial charge in [0.15, 0.2) is 11.5 Å². The van der Waals surface area contributed by atoms with E-state index in [2.05, 4.69) is 20.5 Å². The first kappa shape index (κ1) is 23.5. The molecule has 2 heterocycles. The van der Waals surface area contributed by atoms with Gasteiger partial charge in [-0.15, -0.1) is 0 Å². The molecule has 180 valence electrons. The Balaban J connectivity index is 1.64. The third-order valence-corrected chi connectivity index (χ3v) is 6.67. The smallest absolute Gasteiger partial charge is 0.238 e. The van der Waals surface area contributed by atoms with Crippen LogP contribution in [-0.2, 0) is 10.0 Å². The molecule has 0 unspecified atom stereocenters. The Morgan fingerprint density at radius 3 is 2.42 bits per heavy atom. The minimum atomic E-state index is -3.82. The number of hydrogen-bond donors (Lipinski definition) is 3. The van der Waals surface area contributed by atoms with Crippen LogP contribution in [0, 0.1) is 0 Å². The number of rotatable bonds is 6. The number of nitrogens with two attached hydrogens (primary N) is 1. The summed E-state index contributed by atoms with van der Waals surface area (Å²) < 4.78 is 25.2. The first-order valence-corrected chi connectivity index (χ1v) is 12.6. The van der Waals surface area contributed by atoms with Crippen LogP contribution >= 0.6 is 11.6 Å². The van der Waals surface area contributed by atoms with Gasteiger partial charge in [0, 0.05) is 28.0 Å². The Labute approximate surface area is 211 Å². The highest BCUT2D eigenvalue weighted by molar-refractivity contribution is 7.89. The van der Waals surface area contributed by atoms with Crippen molar-refractivity contribution in [3.63, 3.8) is 0 Å². The van der Waals surface area contributed by atoms with Gasteiger partial charge in [-0.3, -0.25) is 5.43 Å². The molecule has 0 aliphatic carbocycles. The summed E-state index contributed by atoms with van der Waals surface area (Å²) in [6.07, 6.45) is 4.78. The van der Waals surface area contributed by atoms with Crippen molar-refractivity contribution in [3.05, 3.63) is 95.9 Å². The maximum absolute atomic E-state index is 11.7. The van der Waals surface area contributed by atoms with Gasteiger partial charge in [0.25, 0.3) is 0 Å². The first-order chi connectivity index (χ1) is 17.3. The van der Waals surface area contributed by atoms with Crippen LogP contribution in [0.1, 0.15) is 5.56 Å². The van der Waals surface area contributed by atoms with Crippen LogP contribution in [0.5, 0.6) is 5.75 Å². The highest BCUT2D eigenvalue weighted by atomic mass is 35.5. The lowest BCUT2D eigenvalue weighted by molar-refractivity contribution is 0.474. The Morgan fingerprint density at radius 1 is 1.00 bits per heavy atom. The van der Waals surface area contributed by atoms with Gasteiger partial charge in [0.05, 0.1) is 16.5 Å². The van der Waals surface area contributed by atoms with Gasteiger partial charge < -0.3 is 9.67 Å². The maximum Gasteiger partial charge on any atom is 0.238 e. The molecule has 0 fully saturated rings. The Hall–Kier alpha value is -4.25. The van der Waals surface area contributed by atoms with Crippen LogP contribution in [0.15, 0.2) is 95.3 Å². The molecule has 9 nitrogen and oxygen atoms in total. The van der Waals surface area contributed by atoms with Crippen LogP contribution in [0.25, 0.3) is 27.8 Å². The molecule has 0 aliphatic heterocycles. The summed E-state index contributed by atoms with van der Waals surface area (Å²) in [4.78, 5) is 8.88. The maximum atomic E-state index is 11.7. The van der Waals surface area contributed by atoms with Crippen molar-refractivity contribution in [3.8, 4) is 22.6 Å². The van der Waals surface area contributed by atoms with Gasteiger partial charge in [-0.05, 0) is 54.1 Å². The fourth-order valence-electron chi connectivity index (χ4n) is 3.75. The fraction of sp³-hybridized carbons (Fsp3) is 0. The van der Waals surface area contributed by atoms with E-state index in [0.717, 1.165) is 11.1 Å². The number of fused-ring (bicyclic) bond motifs is 1. The molecule has 0 saturated carbocycles. The summed E-state index contributed by atoms with van der Waals surface area (Å²) in [6.45, 7) is 0. The number of para-hydroxylation sites is 1. The summed E-state index contributed by atoms with van der Waals surface area (Å²) in [5.41, 5.74) is 6.41. The second-order valence-corrected chi connectivity index (χ2v) is 9.81. The molecule has 0 aliphatic rings. The van der Waals surface area contributed by atoms with Crippen molar-refractivity contribution in [2.75, 3.05) is 5.43 Å². The number of phenols is 1. The zero-order chi connectivity index (χ0) is 25.3. The highest BCUT2D eigenvalue weighted by Crippen LogP contribution is 2.36. The Kier molecular flexibility index (Phi) is 6.15. The number of benzene rings is 3. The van der Waals surface area contributed by atoms with Crippen molar-refractivity contribution < 1.29 is 13.5 Å². The largest absolute Gasteiger partial charge is 0.507 e. The molecule has 0 bridgehead atoms. The van der Waals surface area contributed by atoms with Gasteiger partial charge in [-0.2, -0.15) is 5.10 Å². The third-order valence-electron chi connectivity index (χ3n) is 5.49. The quantitative estimate of drug-likeness (QED) is 0.223. The molecule has 0 radical (unpaired) electrons. The second-order valence-electron chi connectivity index (χ2n) is 7.81. The summed E-state index contributed by atoms with van der Waals surface area (Å²) in [5, 5.41) is 20.8. The molecule has 2 aromatic heterocycles. The molecule has 4 N–H and O–H groups in total. The number of anilines is 1. The normalized spacial score (nSPS) is 11.8. The van der Waals surface area contributed by atoms with Crippen molar-refractivity contribution >= 4 is 44.7 Å². The summed E-state index contributed by atoms with van der Waals surface area (Å²) in [5.74, 6) is 0.545. The fourth-order valence-corrected chi connectivity index (χ4v) is 4.39. The Bertz CT molecular complexity index is 1700. The van der Waals surface area contributed by atoms with E-state index in [4.69, 9.17) is 16.7 Å². The van der Waals surface area contributed by atoms with Crippen LogP contribution in [0.4, 0.5) is 5.82 Å². The predicted octanol–water partition coefficient (Wildman–Crippen LogP) is 4.54. The summed E-state index contributed by atoms with van der Waals surface area (Å²) >= 11 is 6.10.